The molecule has 0 spiro atoms. The van der Waals surface area contributed by atoms with E-state index in [9.17, 15) is 9.59 Å². The second-order valence-electron chi connectivity index (χ2n) is 6.12. The molecule has 3 aliphatic heterocycles. The number of ether oxygens (including phenoxy) is 1. The minimum atomic E-state index is -0.229. The Bertz CT molecular complexity index is 538. The van der Waals surface area contributed by atoms with Crippen LogP contribution in [0.2, 0.25) is 0 Å². The molecule has 2 amide bonds. The lowest BCUT2D eigenvalue weighted by molar-refractivity contribution is -0.124. The molecule has 23 heavy (non-hydrogen) atoms. The molecule has 3 heterocycles. The fraction of sp³-hybridized carbons (Fsp3) is 0.667. The van der Waals surface area contributed by atoms with Crippen molar-refractivity contribution in [2.75, 3.05) is 26.2 Å². The van der Waals surface area contributed by atoms with Crippen molar-refractivity contribution in [2.45, 2.75) is 31.8 Å². The summed E-state index contributed by atoms with van der Waals surface area (Å²) in [6.07, 6.45) is 5.49. The second-order valence-corrected chi connectivity index (χ2v) is 7.80. The molecule has 3 saturated heterocycles. The van der Waals surface area contributed by atoms with Gasteiger partial charge in [0, 0.05) is 31.8 Å². The zero-order valence-corrected chi connectivity index (χ0v) is 14.5. The minimum absolute atomic E-state index is 0.0347. The molecule has 0 saturated carbocycles. The van der Waals surface area contributed by atoms with Crippen LogP contribution < -0.4 is 5.73 Å². The number of carbonyl (C=O) groups excluding carboxylic acids is 2. The van der Waals surface area contributed by atoms with E-state index in [1.165, 1.54) is 11.8 Å². The van der Waals surface area contributed by atoms with Crippen LogP contribution in [-0.2, 0) is 14.3 Å². The highest BCUT2D eigenvalue weighted by atomic mass is 32.2. The zero-order valence-electron chi connectivity index (χ0n) is 12.9. The van der Waals surface area contributed by atoms with Gasteiger partial charge in [-0.1, -0.05) is 24.0 Å². The van der Waals surface area contributed by atoms with Gasteiger partial charge in [-0.25, -0.2) is 0 Å². The summed E-state index contributed by atoms with van der Waals surface area (Å²) in [5.74, 6) is -0.311. The van der Waals surface area contributed by atoms with E-state index in [-0.39, 0.29) is 23.8 Å². The van der Waals surface area contributed by atoms with Crippen LogP contribution in [0.3, 0.4) is 0 Å². The third-order valence-corrected chi connectivity index (χ3v) is 5.88. The van der Waals surface area contributed by atoms with Crippen LogP contribution in [0, 0.1) is 5.92 Å². The Balaban J connectivity index is 1.59. The van der Waals surface area contributed by atoms with E-state index in [0.29, 0.717) is 15.8 Å². The van der Waals surface area contributed by atoms with E-state index in [2.05, 4.69) is 4.90 Å². The predicted octanol–water partition coefficient (Wildman–Crippen LogP) is 1.06. The lowest BCUT2D eigenvalue weighted by Crippen LogP contribution is -2.37. The van der Waals surface area contributed by atoms with Crippen molar-refractivity contribution < 1.29 is 14.3 Å². The summed E-state index contributed by atoms with van der Waals surface area (Å²) in [6.45, 7) is 2.79. The number of likely N-dealkylation sites (tertiary alicyclic amines) is 1. The molecule has 1 atom stereocenters. The summed E-state index contributed by atoms with van der Waals surface area (Å²) in [5, 5.41) is 0. The summed E-state index contributed by atoms with van der Waals surface area (Å²) < 4.78 is 6.20. The van der Waals surface area contributed by atoms with Crippen molar-refractivity contribution in [2.24, 2.45) is 11.7 Å². The van der Waals surface area contributed by atoms with Crippen molar-refractivity contribution in [1.29, 1.82) is 0 Å². The molecule has 0 aromatic carbocycles. The van der Waals surface area contributed by atoms with Gasteiger partial charge in [0.2, 0.25) is 5.91 Å². The number of amides is 2. The van der Waals surface area contributed by atoms with E-state index >= 15 is 0 Å². The van der Waals surface area contributed by atoms with Crippen molar-refractivity contribution in [3.05, 3.63) is 11.1 Å². The Kier molecular flexibility index (Phi) is 5.23. The SMILES string of the molecule is NC(=O)C1CCN(/C=C2/SC(=S)N(C[C@@H]3CCCO3)C2=O)CC1. The Morgan fingerprint density at radius 3 is 2.74 bits per heavy atom. The summed E-state index contributed by atoms with van der Waals surface area (Å²) in [7, 11) is 0. The number of rotatable bonds is 4. The molecule has 0 aromatic heterocycles. The van der Waals surface area contributed by atoms with Gasteiger partial charge < -0.3 is 15.4 Å². The summed E-state index contributed by atoms with van der Waals surface area (Å²) in [5.41, 5.74) is 5.35. The molecule has 0 aliphatic carbocycles. The van der Waals surface area contributed by atoms with Crippen LogP contribution in [0.1, 0.15) is 25.7 Å². The molecule has 6 nitrogen and oxygen atoms in total. The first kappa shape index (κ1) is 16.7. The largest absolute Gasteiger partial charge is 0.376 e. The predicted molar refractivity (Wildman–Crippen MR) is 92.5 cm³/mol. The highest BCUT2D eigenvalue weighted by Crippen LogP contribution is 2.33. The van der Waals surface area contributed by atoms with Gasteiger partial charge in [-0.2, -0.15) is 0 Å². The standard InChI is InChI=1S/C15H21N3O3S2/c16-13(19)10-3-5-17(6-4-10)9-12-14(20)18(15(22)23-12)8-11-2-1-7-21-11/h9-11H,1-8H2,(H2,16,19)/b12-9+/t11-/m0/s1. The van der Waals surface area contributed by atoms with Crippen LogP contribution >= 0.6 is 24.0 Å². The van der Waals surface area contributed by atoms with E-state index in [4.69, 9.17) is 22.7 Å². The number of carbonyl (C=O) groups is 2. The maximum atomic E-state index is 12.5. The summed E-state index contributed by atoms with van der Waals surface area (Å²) in [6, 6.07) is 0. The van der Waals surface area contributed by atoms with Gasteiger partial charge in [0.15, 0.2) is 0 Å². The van der Waals surface area contributed by atoms with Crippen LogP contribution in [-0.4, -0.2) is 58.3 Å². The van der Waals surface area contributed by atoms with Crippen molar-refractivity contribution >= 4 is 40.1 Å². The van der Waals surface area contributed by atoms with Gasteiger partial charge in [0.1, 0.15) is 4.32 Å². The Hall–Kier alpha value is -1.12. The van der Waals surface area contributed by atoms with Gasteiger partial charge in [-0.05, 0) is 25.7 Å². The highest BCUT2D eigenvalue weighted by Gasteiger charge is 2.35. The summed E-state index contributed by atoms with van der Waals surface area (Å²) in [4.78, 5) is 28.1. The molecule has 3 rings (SSSR count). The molecular formula is C15H21N3O3S2. The number of nitrogens with zero attached hydrogens (tertiary/aromatic N) is 2. The number of hydrogen-bond acceptors (Lipinski definition) is 6. The molecule has 3 aliphatic rings. The van der Waals surface area contributed by atoms with Gasteiger partial charge in [-0.15, -0.1) is 0 Å². The second kappa shape index (κ2) is 7.19. The molecule has 0 aromatic rings. The van der Waals surface area contributed by atoms with E-state index in [1.54, 1.807) is 4.90 Å². The van der Waals surface area contributed by atoms with Crippen molar-refractivity contribution in [3.8, 4) is 0 Å². The number of nitrogens with two attached hydrogens (primary N) is 1. The maximum Gasteiger partial charge on any atom is 0.267 e. The minimum Gasteiger partial charge on any atom is -0.376 e. The van der Waals surface area contributed by atoms with Crippen LogP contribution in [0.5, 0.6) is 0 Å². The van der Waals surface area contributed by atoms with Gasteiger partial charge in [0.25, 0.3) is 5.91 Å². The van der Waals surface area contributed by atoms with E-state index < -0.39 is 0 Å². The number of thioether (sulfide) groups is 1. The Labute approximate surface area is 145 Å². The van der Waals surface area contributed by atoms with Crippen LogP contribution in [0.15, 0.2) is 11.1 Å². The number of hydrogen-bond donors (Lipinski definition) is 1. The quantitative estimate of drug-likeness (QED) is 0.600. The fourth-order valence-corrected chi connectivity index (χ4v) is 4.40. The number of primary amides is 1. The molecule has 3 fully saturated rings. The lowest BCUT2D eigenvalue weighted by atomic mass is 9.97. The number of thiocarbonyl (C=S) groups is 1. The summed E-state index contributed by atoms with van der Waals surface area (Å²) >= 11 is 6.69. The smallest absolute Gasteiger partial charge is 0.267 e. The fourth-order valence-electron chi connectivity index (χ4n) is 3.12. The molecular weight excluding hydrogens is 334 g/mol. The Morgan fingerprint density at radius 2 is 2.13 bits per heavy atom. The third kappa shape index (κ3) is 3.87. The van der Waals surface area contributed by atoms with Gasteiger partial charge >= 0.3 is 0 Å². The molecule has 0 radical (unpaired) electrons. The van der Waals surface area contributed by atoms with E-state index in [0.717, 1.165) is 45.4 Å². The molecule has 0 bridgehead atoms. The highest BCUT2D eigenvalue weighted by molar-refractivity contribution is 8.26. The van der Waals surface area contributed by atoms with Crippen LogP contribution in [0.4, 0.5) is 0 Å². The first-order chi connectivity index (χ1) is 11.0. The molecule has 126 valence electrons. The van der Waals surface area contributed by atoms with Gasteiger partial charge in [0.05, 0.1) is 17.6 Å². The first-order valence-corrected chi connectivity index (χ1v) is 9.17. The molecule has 8 heteroatoms. The molecule has 0 unspecified atom stereocenters. The first-order valence-electron chi connectivity index (χ1n) is 7.95. The maximum absolute atomic E-state index is 12.5. The monoisotopic (exact) mass is 355 g/mol. The van der Waals surface area contributed by atoms with Gasteiger partial charge in [-0.3, -0.25) is 14.5 Å². The normalized spacial score (nSPS) is 28.2. The average molecular weight is 355 g/mol. The average Bonchev–Trinajstić information content (AvgIpc) is 3.12. The van der Waals surface area contributed by atoms with Crippen LogP contribution in [0.25, 0.3) is 0 Å². The van der Waals surface area contributed by atoms with Crippen molar-refractivity contribution in [3.63, 3.8) is 0 Å². The van der Waals surface area contributed by atoms with E-state index in [1.807, 2.05) is 6.20 Å². The lowest BCUT2D eigenvalue weighted by Gasteiger charge is -2.29. The number of piperidine rings is 1. The zero-order chi connectivity index (χ0) is 16.4. The third-order valence-electron chi connectivity index (χ3n) is 4.52. The molecule has 2 N–H and O–H groups in total. The topological polar surface area (TPSA) is 75.9 Å². The van der Waals surface area contributed by atoms with Crippen molar-refractivity contribution in [1.82, 2.24) is 9.80 Å². The Morgan fingerprint density at radius 1 is 1.39 bits per heavy atom.